The predicted octanol–water partition coefficient (Wildman–Crippen LogP) is 3.83. The highest BCUT2D eigenvalue weighted by Crippen LogP contribution is 2.34. The Morgan fingerprint density at radius 3 is 2.72 bits per heavy atom. The van der Waals surface area contributed by atoms with Crippen molar-refractivity contribution < 1.29 is 22.6 Å². The van der Waals surface area contributed by atoms with Gasteiger partial charge in [0.15, 0.2) is 5.75 Å². The number of nitrogens with two attached hydrogens (primary N) is 1. The molecule has 0 saturated carbocycles. The molecule has 0 aromatic heterocycles. The van der Waals surface area contributed by atoms with Crippen LogP contribution >= 0.6 is 0 Å². The van der Waals surface area contributed by atoms with Gasteiger partial charge < -0.3 is 15.2 Å². The zero-order chi connectivity index (χ0) is 18.0. The van der Waals surface area contributed by atoms with Crippen LogP contribution < -0.4 is 15.4 Å². The second-order valence-electron chi connectivity index (χ2n) is 5.52. The largest absolute Gasteiger partial charge is 0.573 e. The van der Waals surface area contributed by atoms with Gasteiger partial charge in [0.05, 0.1) is 18.0 Å². The number of aliphatic imine (C=N–C) groups is 1. The molecule has 8 heteroatoms. The van der Waals surface area contributed by atoms with E-state index in [2.05, 4.69) is 9.73 Å². The average molecular weight is 351 g/mol. The number of alkyl halides is 3. The number of ether oxygens (including phenoxy) is 2. The summed E-state index contributed by atoms with van der Waals surface area (Å²) in [5.41, 5.74) is 8.68. The Bertz CT molecular complexity index is 806. The van der Waals surface area contributed by atoms with Gasteiger partial charge in [0, 0.05) is 5.56 Å². The van der Waals surface area contributed by atoms with E-state index in [-0.39, 0.29) is 30.7 Å². The molecule has 0 bridgehead atoms. The number of hydrogen-bond donors (Lipinski definition) is 1. The first-order chi connectivity index (χ1) is 11.8. The molecule has 0 fully saturated rings. The maximum atomic E-state index is 12.6. The molecule has 0 saturated heterocycles. The summed E-state index contributed by atoms with van der Waals surface area (Å²) < 4.78 is 47.6. The van der Waals surface area contributed by atoms with Crippen LogP contribution in [0.2, 0.25) is 0 Å². The van der Waals surface area contributed by atoms with Crippen molar-refractivity contribution in [1.29, 1.82) is 0 Å². The number of halogens is 3. The number of para-hydroxylation sites is 2. The van der Waals surface area contributed by atoms with Gasteiger partial charge in [0.1, 0.15) is 6.73 Å². The lowest BCUT2D eigenvalue weighted by Gasteiger charge is -2.27. The highest BCUT2D eigenvalue weighted by Gasteiger charge is 2.33. The Balaban J connectivity index is 2.00. The van der Waals surface area contributed by atoms with Crippen molar-refractivity contribution in [2.45, 2.75) is 19.9 Å². The van der Waals surface area contributed by atoms with Crippen LogP contribution in [-0.2, 0) is 11.3 Å². The van der Waals surface area contributed by atoms with E-state index in [0.717, 1.165) is 11.1 Å². The molecule has 0 atom stereocenters. The van der Waals surface area contributed by atoms with Crippen LogP contribution in [0.25, 0.3) is 0 Å². The molecule has 2 aromatic carbocycles. The predicted molar refractivity (Wildman–Crippen MR) is 87.7 cm³/mol. The quantitative estimate of drug-likeness (QED) is 0.893. The van der Waals surface area contributed by atoms with E-state index >= 15 is 0 Å². The Morgan fingerprint density at radius 1 is 1.20 bits per heavy atom. The molecule has 1 aliphatic heterocycles. The van der Waals surface area contributed by atoms with Crippen LogP contribution in [-0.4, -0.2) is 19.1 Å². The molecule has 0 amide bonds. The molecule has 0 aliphatic carbocycles. The molecule has 3 rings (SSSR count). The van der Waals surface area contributed by atoms with Gasteiger partial charge in [0.2, 0.25) is 5.96 Å². The monoisotopic (exact) mass is 351 g/mol. The molecule has 5 nitrogen and oxygen atoms in total. The number of benzene rings is 2. The normalized spacial score (nSPS) is 15.0. The third-order valence-electron chi connectivity index (χ3n) is 3.61. The van der Waals surface area contributed by atoms with Gasteiger partial charge in [-0.25, -0.2) is 4.99 Å². The van der Waals surface area contributed by atoms with E-state index in [1.165, 1.54) is 23.1 Å². The van der Waals surface area contributed by atoms with Crippen molar-refractivity contribution >= 4 is 17.3 Å². The zero-order valence-electron chi connectivity index (χ0n) is 13.4. The number of aryl methyl sites for hydroxylation is 1. The molecule has 1 aliphatic rings. The van der Waals surface area contributed by atoms with Crippen molar-refractivity contribution in [2.75, 3.05) is 11.6 Å². The summed E-state index contributed by atoms with van der Waals surface area (Å²) in [6.45, 7) is 2.16. The summed E-state index contributed by atoms with van der Waals surface area (Å²) in [5, 5.41) is 0. The fraction of sp³-hybridized carbons (Fsp3) is 0.235. The maximum absolute atomic E-state index is 12.6. The van der Waals surface area contributed by atoms with E-state index < -0.39 is 6.36 Å². The summed E-state index contributed by atoms with van der Waals surface area (Å²) in [6, 6.07) is 11.3. The zero-order valence-corrected chi connectivity index (χ0v) is 13.4. The molecule has 1 heterocycles. The summed E-state index contributed by atoms with van der Waals surface area (Å²) in [4.78, 5) is 5.68. The molecule has 0 unspecified atom stereocenters. The molecule has 2 aromatic rings. The van der Waals surface area contributed by atoms with Crippen molar-refractivity contribution in [3.63, 3.8) is 0 Å². The van der Waals surface area contributed by atoms with E-state index in [0.29, 0.717) is 5.69 Å². The minimum atomic E-state index is -4.81. The van der Waals surface area contributed by atoms with E-state index in [9.17, 15) is 13.2 Å². The Labute approximate surface area is 142 Å². The van der Waals surface area contributed by atoms with Gasteiger partial charge in [-0.05, 0) is 25.1 Å². The highest BCUT2D eigenvalue weighted by atomic mass is 19.4. The summed E-state index contributed by atoms with van der Waals surface area (Å²) in [6.07, 6.45) is -4.81. The fourth-order valence-corrected chi connectivity index (χ4v) is 2.52. The maximum Gasteiger partial charge on any atom is 0.573 e. The van der Waals surface area contributed by atoms with Crippen molar-refractivity contribution in [2.24, 2.45) is 10.7 Å². The van der Waals surface area contributed by atoms with Gasteiger partial charge >= 0.3 is 6.36 Å². The smallest absolute Gasteiger partial charge is 0.404 e. The van der Waals surface area contributed by atoms with E-state index in [4.69, 9.17) is 10.5 Å². The van der Waals surface area contributed by atoms with Crippen molar-refractivity contribution in [3.05, 3.63) is 53.6 Å². The molecule has 0 radical (unpaired) electrons. The molecular weight excluding hydrogens is 335 g/mol. The van der Waals surface area contributed by atoms with Crippen molar-refractivity contribution in [1.82, 2.24) is 0 Å². The van der Waals surface area contributed by atoms with E-state index in [1.54, 1.807) is 12.1 Å². The number of fused-ring (bicyclic) bond motifs is 1. The third kappa shape index (κ3) is 4.03. The number of guanidine groups is 1. The van der Waals surface area contributed by atoms with Gasteiger partial charge in [-0.2, -0.15) is 0 Å². The molecule has 0 spiro atoms. The highest BCUT2D eigenvalue weighted by molar-refractivity contribution is 5.97. The minimum Gasteiger partial charge on any atom is -0.404 e. The standard InChI is InChI=1S/C17H16F3N3O2/c1-11-6-7-13-12(8-11)9-24-10-23(16(21)22-13)14-4-2-3-5-15(14)25-17(18,19)20/h2-8H,9-10H2,1H3,(H2,21,22). The van der Waals surface area contributed by atoms with Crippen LogP contribution in [0.15, 0.2) is 47.5 Å². The number of nitrogens with zero attached hydrogens (tertiary/aromatic N) is 2. The van der Waals surface area contributed by atoms with Gasteiger partial charge in [-0.15, -0.1) is 13.2 Å². The van der Waals surface area contributed by atoms with Crippen LogP contribution in [0.1, 0.15) is 11.1 Å². The van der Waals surface area contributed by atoms with Gasteiger partial charge in [0.25, 0.3) is 0 Å². The van der Waals surface area contributed by atoms with Gasteiger partial charge in [-0.1, -0.05) is 29.8 Å². The first-order valence-electron chi connectivity index (χ1n) is 7.47. The van der Waals surface area contributed by atoms with Crippen LogP contribution in [0.5, 0.6) is 5.75 Å². The van der Waals surface area contributed by atoms with Crippen LogP contribution in [0, 0.1) is 6.92 Å². The molecule has 2 N–H and O–H groups in total. The number of anilines is 1. The molecular formula is C17H16F3N3O2. The Kier molecular flexibility index (Phi) is 4.54. The lowest BCUT2D eigenvalue weighted by atomic mass is 10.1. The van der Waals surface area contributed by atoms with Crippen LogP contribution in [0.3, 0.4) is 0 Å². The SMILES string of the molecule is Cc1ccc2c(c1)COCN(c1ccccc1OC(F)(F)F)C(N)=N2. The number of rotatable bonds is 2. The topological polar surface area (TPSA) is 60.1 Å². The Hall–Kier alpha value is -2.74. The number of hydrogen-bond acceptors (Lipinski definition) is 5. The fourth-order valence-electron chi connectivity index (χ4n) is 2.52. The van der Waals surface area contributed by atoms with Crippen molar-refractivity contribution in [3.8, 4) is 5.75 Å². The van der Waals surface area contributed by atoms with Gasteiger partial charge in [-0.3, -0.25) is 4.90 Å². The van der Waals surface area contributed by atoms with E-state index in [1.807, 2.05) is 19.1 Å². The Morgan fingerprint density at radius 2 is 1.96 bits per heavy atom. The summed E-state index contributed by atoms with van der Waals surface area (Å²) >= 11 is 0. The first-order valence-corrected chi connectivity index (χ1v) is 7.47. The second kappa shape index (κ2) is 6.64. The average Bonchev–Trinajstić information content (AvgIpc) is 2.51. The molecule has 132 valence electrons. The first kappa shape index (κ1) is 17.1. The second-order valence-corrected chi connectivity index (χ2v) is 5.52. The molecule has 25 heavy (non-hydrogen) atoms. The lowest BCUT2D eigenvalue weighted by molar-refractivity contribution is -0.274. The summed E-state index contributed by atoms with van der Waals surface area (Å²) in [7, 11) is 0. The van der Waals surface area contributed by atoms with Crippen LogP contribution in [0.4, 0.5) is 24.5 Å². The minimum absolute atomic E-state index is 0.0167. The lowest BCUT2D eigenvalue weighted by Crippen LogP contribution is -2.40. The third-order valence-corrected chi connectivity index (χ3v) is 3.61. The summed E-state index contributed by atoms with van der Waals surface area (Å²) in [5.74, 6) is -0.357.